The first-order chi connectivity index (χ1) is 64.7. The number of fused-ring (bicyclic) bond motifs is 5. The Morgan fingerprint density at radius 3 is 2.28 bits per heavy atom. The number of aryl methyl sites for hydroxylation is 2. The first kappa shape index (κ1) is 100. The number of nitrogens with zero attached hydrogens (tertiary/aromatic N) is 16. The van der Waals surface area contributed by atoms with Gasteiger partial charge in [-0.3, -0.25) is 28.8 Å². The van der Waals surface area contributed by atoms with Crippen LogP contribution in [0.3, 0.4) is 0 Å². The maximum Gasteiger partial charge on any atom is 0.329 e. The zero-order chi connectivity index (χ0) is 95.1. The monoisotopic (exact) mass is 1850 g/mol. The van der Waals surface area contributed by atoms with Crippen LogP contribution in [0.25, 0.3) is 55.8 Å². The van der Waals surface area contributed by atoms with E-state index < -0.39 is 83.8 Å². The number of cyclic esters (lactones) is 1. The van der Waals surface area contributed by atoms with E-state index in [4.69, 9.17) is 74.6 Å². The number of carbonyl (C=O) groups is 7. The van der Waals surface area contributed by atoms with E-state index in [1.54, 1.807) is 82.0 Å². The van der Waals surface area contributed by atoms with Gasteiger partial charge in [0, 0.05) is 158 Å². The highest BCUT2D eigenvalue weighted by atomic mass is 16.6. The number of benzene rings is 2. The highest BCUT2D eigenvalue weighted by Crippen LogP contribution is 2.42. The van der Waals surface area contributed by atoms with Crippen molar-refractivity contribution in [2.24, 2.45) is 35.3 Å². The standard InChI is InChI=1S/C96H130N20O18/c1-59-18-11-10-12-19-60(2)79(126-7)52-71-27-23-64(6)96(125,134-71)89(122)92(123)114-33-15-13-22-75(114)93(124)132-80(53-77(117)61(3)47-63(5)87(121)88(128-9)86(120)62(4)46-59)72(97)48-65-24-28-74(81(49-65)127-8)116-76(56-105-109-116)67-21-17-20-66(50-67)69-54-101-95(102-55-69)112-37-35-111(36-38-112)83(119)30-26-70-57-113(110-107-70)39-41-130-43-45-131-44-42-129-40-31-82(118)100-32-14-16-34-115-91-84(90(98)103-58-104-91)85(108-115)68-25-29-78-73(51-68)106-94(99)133-78/h10-12,17-21,25,29,47,50-51,54-59,61-62,64-65,71-72,74-75,79-81,87-88,121,125H,13-16,22-24,26-28,30-46,48-49,52-53,97H2,1-9H3,(H2,99,106)(H,100,118)(H2,98,103,104)/b12-10+,18-11+,60-19+,63-47+/t59-,61-,62-,64-,65+,71+,72-,74+,75+,79+,80+,81-,87-,88+,96-/m1/s1. The summed E-state index contributed by atoms with van der Waals surface area (Å²) in [5.74, 6) is -7.77. The van der Waals surface area contributed by atoms with E-state index in [0.717, 1.165) is 44.8 Å². The minimum absolute atomic E-state index is 0.0155. The van der Waals surface area contributed by atoms with Crippen LogP contribution in [0, 0.1) is 29.6 Å². The maximum absolute atomic E-state index is 14.9. The molecule has 0 radical (unpaired) electrons. The number of oxazole rings is 1. The first-order valence-corrected chi connectivity index (χ1v) is 46.8. The number of Topliss-reactive ketones (excluding diaryl/α,β-unsaturated/α-hetero) is 3. The number of aliphatic hydroxyl groups excluding tert-OH is 1. The summed E-state index contributed by atoms with van der Waals surface area (Å²) < 4.78 is 58.4. The number of carbonyl (C=O) groups excluding carboxylic acids is 7. The lowest BCUT2D eigenvalue weighted by molar-refractivity contribution is -0.265. The normalized spacial score (nSPS) is 26.4. The molecule has 0 unspecified atom stereocenters. The molecule has 9 N–H and O–H groups in total. The second-order valence-electron chi connectivity index (χ2n) is 35.9. The van der Waals surface area contributed by atoms with E-state index in [0.29, 0.717) is 200 Å². The third-order valence-electron chi connectivity index (χ3n) is 26.4. The third-order valence-corrected chi connectivity index (χ3v) is 26.4. The molecule has 4 aliphatic heterocycles. The highest BCUT2D eigenvalue weighted by Gasteiger charge is 2.53. The molecule has 1 aliphatic carbocycles. The molecule has 15 atom stereocenters. The average Bonchev–Trinajstić information content (AvgIpc) is 1.41. The fourth-order valence-electron chi connectivity index (χ4n) is 18.5. The van der Waals surface area contributed by atoms with Gasteiger partial charge in [0.1, 0.15) is 53.5 Å². The van der Waals surface area contributed by atoms with Crippen molar-refractivity contribution in [2.75, 3.05) is 117 Å². The van der Waals surface area contributed by atoms with Crippen LogP contribution in [-0.2, 0) is 91.0 Å². The number of rotatable bonds is 31. The Labute approximate surface area is 779 Å². The lowest BCUT2D eigenvalue weighted by atomic mass is 9.79. The summed E-state index contributed by atoms with van der Waals surface area (Å²) >= 11 is 0. The minimum atomic E-state index is -2.50. The minimum Gasteiger partial charge on any atom is -0.459 e. The number of esters is 1. The van der Waals surface area contributed by atoms with Gasteiger partial charge in [-0.25, -0.2) is 38.8 Å². The third kappa shape index (κ3) is 25.6. The number of nitrogens with two attached hydrogens (primary N) is 3. The lowest BCUT2D eigenvalue weighted by Crippen LogP contribution is -2.61. The molecule has 134 heavy (non-hydrogen) atoms. The Morgan fingerprint density at radius 2 is 1.51 bits per heavy atom. The Balaban J connectivity index is 0.539. The predicted molar refractivity (Wildman–Crippen MR) is 497 cm³/mol. The second kappa shape index (κ2) is 47.7. The van der Waals surface area contributed by atoms with Crippen LogP contribution in [0.5, 0.6) is 0 Å². The molecular weight excluding hydrogens is 1720 g/mol. The van der Waals surface area contributed by atoms with Gasteiger partial charge in [-0.15, -0.1) is 10.2 Å². The number of piperidine rings is 1. The van der Waals surface area contributed by atoms with Gasteiger partial charge in [-0.05, 0) is 144 Å². The number of amides is 3. The summed E-state index contributed by atoms with van der Waals surface area (Å²) in [7, 11) is 4.58. The number of nitrogens with one attached hydrogen (secondary N) is 1. The number of hydrogen-bond donors (Lipinski definition) is 6. The van der Waals surface area contributed by atoms with Gasteiger partial charge in [0.25, 0.3) is 17.7 Å². The van der Waals surface area contributed by atoms with E-state index in [9.17, 15) is 43.8 Å². The summed E-state index contributed by atoms with van der Waals surface area (Å²) in [5, 5.41) is 50.0. The number of aliphatic hydroxyl groups is 2. The van der Waals surface area contributed by atoms with Gasteiger partial charge in [0.15, 0.2) is 17.0 Å². The van der Waals surface area contributed by atoms with Crippen LogP contribution >= 0.6 is 0 Å². The van der Waals surface area contributed by atoms with Crippen LogP contribution in [0.15, 0.2) is 126 Å². The topological polar surface area (TPSA) is 490 Å². The molecule has 10 heterocycles. The summed E-state index contributed by atoms with van der Waals surface area (Å²) in [4.78, 5) is 126. The predicted octanol–water partition coefficient (Wildman–Crippen LogP) is 8.49. The van der Waals surface area contributed by atoms with Gasteiger partial charge >= 0.3 is 5.97 Å². The van der Waals surface area contributed by atoms with Crippen LogP contribution < -0.4 is 27.4 Å². The summed E-state index contributed by atoms with van der Waals surface area (Å²) in [5.41, 5.74) is 27.6. The zero-order valence-electron chi connectivity index (χ0n) is 78.2. The smallest absolute Gasteiger partial charge is 0.329 e. The number of hydrogen-bond acceptors (Lipinski definition) is 32. The molecule has 8 aromatic rings. The molecule has 13 rings (SSSR count). The number of unbranched alkanes of at least 4 members (excludes halogenated alkanes) is 1. The number of aromatic nitrogens is 13. The molecule has 2 aromatic carbocycles. The SMILES string of the molecule is CO[C@H]1C[C@@H]2CC[C@@H](C)[C@@](O)(O2)C(=O)C(=O)N2CCCC[C@H]2C(=O)O[C@H]([C@H](N)C[C@@H]2CC[C@H](n3nncc3-c3cccc(-c4cnc(N5CCN(C(=O)CCc6cn(CCOCCOCCOCCC(=O)NCCCCn7nc(-c8ccc9oc(N)nc9c8)c8c(N)ncnc87)nn6)CC5)nc4)c3)[C@H](OC)C2)CC(=O)[C@H](C)/C=C(\C)[C@@H](O)[C@@H](OC)C(=O)[C@H](C)C[C@H](C)/C=C/C=C/C=C/1C. The fourth-order valence-corrected chi connectivity index (χ4v) is 18.5. The molecular formula is C96H130N20O18. The Morgan fingerprint density at radius 1 is 0.746 bits per heavy atom. The van der Waals surface area contributed by atoms with Gasteiger partial charge in [-0.1, -0.05) is 92.8 Å². The summed E-state index contributed by atoms with van der Waals surface area (Å²) in [6.45, 7) is 16.4. The number of methoxy groups -OCH3 is 3. The van der Waals surface area contributed by atoms with Crippen molar-refractivity contribution in [3.63, 3.8) is 0 Å². The number of nitrogen functional groups attached to an aromatic ring is 2. The van der Waals surface area contributed by atoms with Gasteiger partial charge in [0.2, 0.25) is 23.5 Å². The molecule has 0 spiro atoms. The second-order valence-corrected chi connectivity index (χ2v) is 35.9. The summed E-state index contributed by atoms with van der Waals surface area (Å²) in [6.07, 6.45) is 21.1. The Kier molecular flexibility index (Phi) is 35.7. The lowest BCUT2D eigenvalue weighted by Gasteiger charge is -2.42. The van der Waals surface area contributed by atoms with E-state index >= 15 is 0 Å². The number of anilines is 3. The summed E-state index contributed by atoms with van der Waals surface area (Å²) in [6, 6.07) is 11.1. The number of piperazine rings is 1. The van der Waals surface area contributed by atoms with Crippen molar-refractivity contribution in [2.45, 2.75) is 224 Å². The molecule has 38 nitrogen and oxygen atoms in total. The molecule has 722 valence electrons. The number of ketones is 3. The molecule has 6 aromatic heterocycles. The molecule has 5 aliphatic rings. The first-order valence-electron chi connectivity index (χ1n) is 46.8. The highest BCUT2D eigenvalue weighted by molar-refractivity contribution is 6.39. The van der Waals surface area contributed by atoms with E-state index in [1.165, 1.54) is 13.4 Å². The van der Waals surface area contributed by atoms with E-state index in [1.807, 2.05) is 96.4 Å². The molecule has 1 saturated carbocycles. The Hall–Kier alpha value is -11.3. The zero-order valence-corrected chi connectivity index (χ0v) is 78.2. The van der Waals surface area contributed by atoms with Gasteiger partial charge in [0.05, 0.1) is 93.5 Å². The van der Waals surface area contributed by atoms with Gasteiger partial charge < -0.3 is 89.7 Å². The molecule has 4 fully saturated rings. The largest absolute Gasteiger partial charge is 0.459 e. The van der Waals surface area contributed by atoms with Crippen LogP contribution in [0.1, 0.15) is 156 Å². The fraction of sp³-hybridized carbons (Fsp3) is 0.573. The van der Waals surface area contributed by atoms with Crippen LogP contribution in [0.2, 0.25) is 0 Å². The Bertz CT molecular complexity index is 5430. The van der Waals surface area contributed by atoms with Crippen molar-refractivity contribution < 1.29 is 86.1 Å². The quantitative estimate of drug-likeness (QED) is 0.0103. The van der Waals surface area contributed by atoms with Crippen molar-refractivity contribution in [3.05, 3.63) is 127 Å². The van der Waals surface area contributed by atoms with E-state index in [2.05, 4.69) is 45.8 Å². The number of allylic oxidation sites excluding steroid dienone is 6. The average molecular weight is 1850 g/mol. The van der Waals surface area contributed by atoms with Gasteiger partial charge in [-0.2, -0.15) is 10.1 Å². The van der Waals surface area contributed by atoms with Crippen molar-refractivity contribution in [1.29, 1.82) is 0 Å². The molecule has 2 bridgehead atoms. The molecule has 38 heteroatoms. The van der Waals surface area contributed by atoms with E-state index in [-0.39, 0.29) is 98.6 Å². The van der Waals surface area contributed by atoms with Crippen LogP contribution in [-0.4, -0.2) is 280 Å². The number of ether oxygens (including phenoxy) is 8. The molecule has 3 saturated heterocycles. The van der Waals surface area contributed by atoms with Crippen molar-refractivity contribution >= 4 is 81.0 Å². The van der Waals surface area contributed by atoms with Crippen molar-refractivity contribution in [3.8, 4) is 33.6 Å². The maximum atomic E-state index is 14.9. The molecule has 3 amide bonds. The van der Waals surface area contributed by atoms with Crippen LogP contribution in [0.4, 0.5) is 17.8 Å². The van der Waals surface area contributed by atoms with Crippen molar-refractivity contribution in [1.82, 2.24) is 79.8 Å².